The number of benzene rings is 2. The predicted octanol–water partition coefficient (Wildman–Crippen LogP) is 3.79. The van der Waals surface area contributed by atoms with Gasteiger partial charge in [-0.2, -0.15) is 0 Å². The Bertz CT molecular complexity index is 1030. The summed E-state index contributed by atoms with van der Waals surface area (Å²) in [5, 5.41) is 5.50. The van der Waals surface area contributed by atoms with Crippen LogP contribution in [0, 0.1) is 0 Å². The fourth-order valence-electron chi connectivity index (χ4n) is 3.24. The van der Waals surface area contributed by atoms with Crippen LogP contribution in [0.5, 0.6) is 5.75 Å². The molecule has 0 spiro atoms. The van der Waals surface area contributed by atoms with Crippen LogP contribution in [0.15, 0.2) is 60.0 Å². The van der Waals surface area contributed by atoms with Crippen LogP contribution in [-0.2, 0) is 16.9 Å². The molecule has 0 radical (unpaired) electrons. The van der Waals surface area contributed by atoms with Crippen LogP contribution in [0.1, 0.15) is 18.2 Å². The molecule has 0 aliphatic carbocycles. The van der Waals surface area contributed by atoms with Crippen LogP contribution in [0.3, 0.4) is 0 Å². The maximum absolute atomic E-state index is 13.0. The van der Waals surface area contributed by atoms with E-state index in [0.29, 0.717) is 5.69 Å². The van der Waals surface area contributed by atoms with E-state index in [0.717, 1.165) is 21.9 Å². The molecule has 142 valence electrons. The van der Waals surface area contributed by atoms with E-state index >= 15 is 0 Å². The number of aromatic nitrogens is 1. The first-order valence-corrected chi connectivity index (χ1v) is 9.68. The fraction of sp³-hybridized carbons (Fsp3) is 0.190. The Balaban J connectivity index is 1.56. The molecule has 1 N–H and O–H groups in total. The number of nitrogens with zero attached hydrogens (tertiary/aromatic N) is 2. The quantitative estimate of drug-likeness (QED) is 0.670. The standard InChI is InChI=1S/C21H19N3O3S/c1-21(15-8-4-3-5-9-15)19(25)24(20(26)23-21)12-16-13-28-18(22-16)14-7-6-10-17(11-14)27-2/h3-11,13H,12H2,1-2H3,(H,23,26). The summed E-state index contributed by atoms with van der Waals surface area (Å²) in [7, 11) is 1.62. The van der Waals surface area contributed by atoms with Crippen LogP contribution < -0.4 is 10.1 Å². The average molecular weight is 393 g/mol. The molecule has 3 amide bonds. The monoisotopic (exact) mass is 393 g/mol. The minimum Gasteiger partial charge on any atom is -0.497 e. The zero-order chi connectivity index (χ0) is 19.7. The average Bonchev–Trinajstić information content (AvgIpc) is 3.28. The number of hydrogen-bond acceptors (Lipinski definition) is 5. The highest BCUT2D eigenvalue weighted by Crippen LogP contribution is 2.31. The number of carbonyl (C=O) groups excluding carboxylic acids is 2. The minimum atomic E-state index is -1.07. The number of urea groups is 1. The highest BCUT2D eigenvalue weighted by atomic mass is 32.1. The maximum atomic E-state index is 13.0. The van der Waals surface area contributed by atoms with Gasteiger partial charge in [-0.25, -0.2) is 9.78 Å². The molecular formula is C21H19N3O3S. The third-order valence-electron chi connectivity index (χ3n) is 4.81. The summed E-state index contributed by atoms with van der Waals surface area (Å²) in [6.07, 6.45) is 0. The molecule has 28 heavy (non-hydrogen) atoms. The van der Waals surface area contributed by atoms with Gasteiger partial charge in [0.15, 0.2) is 0 Å². The fourth-order valence-corrected chi connectivity index (χ4v) is 4.05. The van der Waals surface area contributed by atoms with Gasteiger partial charge in [0.2, 0.25) is 0 Å². The smallest absolute Gasteiger partial charge is 0.325 e. The van der Waals surface area contributed by atoms with Gasteiger partial charge in [-0.05, 0) is 24.6 Å². The third kappa shape index (κ3) is 3.14. The van der Waals surface area contributed by atoms with E-state index < -0.39 is 11.6 Å². The van der Waals surface area contributed by atoms with Crippen molar-refractivity contribution in [1.29, 1.82) is 0 Å². The molecule has 0 saturated carbocycles. The molecule has 2 heterocycles. The number of carbonyl (C=O) groups is 2. The minimum absolute atomic E-state index is 0.132. The highest BCUT2D eigenvalue weighted by molar-refractivity contribution is 7.13. The molecule has 1 saturated heterocycles. The molecule has 2 aromatic carbocycles. The van der Waals surface area contributed by atoms with Crippen LogP contribution >= 0.6 is 11.3 Å². The van der Waals surface area contributed by atoms with Gasteiger partial charge in [0, 0.05) is 10.9 Å². The van der Waals surface area contributed by atoms with Gasteiger partial charge in [-0.1, -0.05) is 42.5 Å². The Labute approximate surface area is 166 Å². The van der Waals surface area contributed by atoms with Crippen LogP contribution in [-0.4, -0.2) is 28.9 Å². The van der Waals surface area contributed by atoms with Gasteiger partial charge in [0.05, 0.1) is 19.3 Å². The largest absolute Gasteiger partial charge is 0.497 e. The zero-order valence-corrected chi connectivity index (χ0v) is 16.3. The molecule has 1 unspecified atom stereocenters. The zero-order valence-electron chi connectivity index (χ0n) is 15.5. The topological polar surface area (TPSA) is 71.5 Å². The molecule has 1 atom stereocenters. The summed E-state index contributed by atoms with van der Waals surface area (Å²) in [5.41, 5.74) is 1.29. The van der Waals surface area contributed by atoms with Crippen LogP contribution in [0.4, 0.5) is 4.79 Å². The van der Waals surface area contributed by atoms with Crippen molar-refractivity contribution in [1.82, 2.24) is 15.2 Å². The predicted molar refractivity (Wildman–Crippen MR) is 107 cm³/mol. The van der Waals surface area contributed by atoms with Crippen molar-refractivity contribution < 1.29 is 14.3 Å². The summed E-state index contributed by atoms with van der Waals surface area (Å²) < 4.78 is 5.25. The lowest BCUT2D eigenvalue weighted by Crippen LogP contribution is -2.40. The number of imide groups is 1. The molecule has 1 aromatic heterocycles. The van der Waals surface area contributed by atoms with E-state index in [2.05, 4.69) is 10.3 Å². The number of thiazole rings is 1. The van der Waals surface area contributed by atoms with Crippen LogP contribution in [0.25, 0.3) is 10.6 Å². The van der Waals surface area contributed by atoms with E-state index in [4.69, 9.17) is 4.74 Å². The Morgan fingerprint density at radius 3 is 2.68 bits per heavy atom. The SMILES string of the molecule is COc1cccc(-c2nc(CN3C(=O)NC(C)(c4ccccc4)C3=O)cs2)c1. The Morgan fingerprint density at radius 1 is 1.14 bits per heavy atom. The van der Waals surface area contributed by atoms with Crippen molar-refractivity contribution in [3.63, 3.8) is 0 Å². The van der Waals surface area contributed by atoms with Crippen molar-refractivity contribution in [2.24, 2.45) is 0 Å². The van der Waals surface area contributed by atoms with Crippen molar-refractivity contribution in [2.75, 3.05) is 7.11 Å². The lowest BCUT2D eigenvalue weighted by molar-refractivity contribution is -0.131. The summed E-state index contributed by atoms with van der Waals surface area (Å²) in [5.74, 6) is 0.474. The van der Waals surface area contributed by atoms with Gasteiger partial charge >= 0.3 is 6.03 Å². The maximum Gasteiger partial charge on any atom is 0.325 e. The molecule has 0 bridgehead atoms. The van der Waals surface area contributed by atoms with E-state index in [-0.39, 0.29) is 12.5 Å². The van der Waals surface area contributed by atoms with E-state index in [1.807, 2.05) is 60.0 Å². The number of amides is 3. The van der Waals surface area contributed by atoms with E-state index in [1.165, 1.54) is 16.2 Å². The van der Waals surface area contributed by atoms with Gasteiger partial charge in [-0.15, -0.1) is 11.3 Å². The molecule has 7 heteroatoms. The molecular weight excluding hydrogens is 374 g/mol. The third-order valence-corrected chi connectivity index (χ3v) is 5.75. The number of nitrogens with one attached hydrogen (secondary N) is 1. The number of methoxy groups -OCH3 is 1. The lowest BCUT2D eigenvalue weighted by atomic mass is 9.92. The molecule has 4 rings (SSSR count). The van der Waals surface area contributed by atoms with Crippen molar-refractivity contribution in [3.8, 4) is 16.3 Å². The first-order chi connectivity index (χ1) is 13.5. The van der Waals surface area contributed by atoms with E-state index in [9.17, 15) is 9.59 Å². The second-order valence-electron chi connectivity index (χ2n) is 6.69. The molecule has 3 aromatic rings. The molecule has 1 fully saturated rings. The summed E-state index contributed by atoms with van der Waals surface area (Å²) in [6.45, 7) is 1.86. The van der Waals surface area contributed by atoms with Gasteiger partial charge in [0.25, 0.3) is 5.91 Å². The first-order valence-electron chi connectivity index (χ1n) is 8.80. The normalized spacial score (nSPS) is 19.0. The number of ether oxygens (including phenoxy) is 1. The molecule has 1 aliphatic rings. The van der Waals surface area contributed by atoms with Gasteiger partial charge in [-0.3, -0.25) is 9.69 Å². The number of hydrogen-bond donors (Lipinski definition) is 1. The number of rotatable bonds is 5. The first kappa shape index (κ1) is 18.2. The Hall–Kier alpha value is -3.19. The molecule has 6 nitrogen and oxygen atoms in total. The Morgan fingerprint density at radius 2 is 1.93 bits per heavy atom. The summed E-state index contributed by atoms with van der Waals surface area (Å²) in [6, 6.07) is 16.5. The Kier molecular flexibility index (Phi) is 4.60. The van der Waals surface area contributed by atoms with Crippen molar-refractivity contribution in [3.05, 3.63) is 71.2 Å². The molecule has 1 aliphatic heterocycles. The second kappa shape index (κ2) is 7.09. The van der Waals surface area contributed by atoms with Crippen molar-refractivity contribution in [2.45, 2.75) is 19.0 Å². The van der Waals surface area contributed by atoms with Crippen molar-refractivity contribution >= 4 is 23.3 Å². The lowest BCUT2D eigenvalue weighted by Gasteiger charge is -2.21. The van der Waals surface area contributed by atoms with Crippen LogP contribution in [0.2, 0.25) is 0 Å². The highest BCUT2D eigenvalue weighted by Gasteiger charge is 2.48. The van der Waals surface area contributed by atoms with Gasteiger partial charge < -0.3 is 10.1 Å². The summed E-state index contributed by atoms with van der Waals surface area (Å²) in [4.78, 5) is 31.3. The second-order valence-corrected chi connectivity index (χ2v) is 7.55. The van der Waals surface area contributed by atoms with E-state index in [1.54, 1.807) is 14.0 Å². The van der Waals surface area contributed by atoms with Gasteiger partial charge in [0.1, 0.15) is 16.3 Å². The summed E-state index contributed by atoms with van der Waals surface area (Å²) >= 11 is 1.47.